The number of nitrogens with one attached hydrogen (secondary N) is 1. The number of amides is 1. The van der Waals surface area contributed by atoms with Gasteiger partial charge in [-0.15, -0.1) is 0 Å². The highest BCUT2D eigenvalue weighted by molar-refractivity contribution is 7.99. The summed E-state index contributed by atoms with van der Waals surface area (Å²) in [5.41, 5.74) is 0.934. The number of ether oxygens (including phenoxy) is 2. The number of aromatic nitrogens is 2. The molecule has 2 aliphatic rings. The number of halogens is 3. The smallest absolute Gasteiger partial charge is 0.230 e. The monoisotopic (exact) mass is 516 g/mol. The first-order chi connectivity index (χ1) is 15.4. The summed E-state index contributed by atoms with van der Waals surface area (Å²) in [7, 11) is 0. The van der Waals surface area contributed by atoms with Gasteiger partial charge in [0.15, 0.2) is 10.9 Å². The Morgan fingerprint density at radius 2 is 1.88 bits per heavy atom. The van der Waals surface area contributed by atoms with E-state index in [1.807, 2.05) is 6.07 Å². The summed E-state index contributed by atoms with van der Waals surface area (Å²) in [6.07, 6.45) is 2.17. The van der Waals surface area contributed by atoms with Crippen molar-refractivity contribution in [2.24, 2.45) is 0 Å². The molecule has 0 unspecified atom stereocenters. The molecule has 2 fully saturated rings. The lowest BCUT2D eigenvalue weighted by molar-refractivity contribution is -0.169. The van der Waals surface area contributed by atoms with Crippen molar-refractivity contribution >= 4 is 58.3 Å². The topological polar surface area (TPSA) is 76.6 Å². The number of carbonyl (C=O) groups excluding carboxylic acids is 1. The fourth-order valence-corrected chi connectivity index (χ4v) is 5.13. The average molecular weight is 518 g/mol. The van der Waals surface area contributed by atoms with E-state index in [1.165, 1.54) is 11.8 Å². The first kappa shape index (κ1) is 23.9. The summed E-state index contributed by atoms with van der Waals surface area (Å²) in [4.78, 5) is 23.2. The minimum Gasteiger partial charge on any atom is -0.356 e. The van der Waals surface area contributed by atoms with Gasteiger partial charge in [0.25, 0.3) is 0 Å². The highest BCUT2D eigenvalue weighted by atomic mass is 35.5. The van der Waals surface area contributed by atoms with E-state index in [9.17, 15) is 4.79 Å². The predicted molar refractivity (Wildman–Crippen MR) is 127 cm³/mol. The van der Waals surface area contributed by atoms with Crippen molar-refractivity contribution in [2.75, 3.05) is 43.5 Å². The number of rotatable bonds is 7. The molecule has 1 amide bonds. The average Bonchev–Trinajstić information content (AvgIpc) is 3.22. The summed E-state index contributed by atoms with van der Waals surface area (Å²) in [6.45, 7) is 3.28. The number of benzene rings is 1. The van der Waals surface area contributed by atoms with E-state index in [2.05, 4.69) is 20.2 Å². The summed E-state index contributed by atoms with van der Waals surface area (Å²) >= 11 is 19.5. The van der Waals surface area contributed by atoms with Crippen LogP contribution in [0.3, 0.4) is 0 Å². The molecule has 4 rings (SSSR count). The van der Waals surface area contributed by atoms with Crippen LogP contribution in [0, 0.1) is 0 Å². The molecule has 32 heavy (non-hydrogen) atoms. The fraction of sp³-hybridized carbons (Fsp3) is 0.476. The number of piperidine rings is 1. The first-order valence-corrected chi connectivity index (χ1v) is 12.5. The SMILES string of the molecule is O=C(CSc1nc(Cl)cc(N2CCC3(CC2)OCCO3)n1)NCCc1ccc(Cl)cc1Cl. The molecule has 2 aromatic rings. The van der Waals surface area contributed by atoms with E-state index in [0.717, 1.165) is 37.3 Å². The molecule has 2 saturated heterocycles. The Morgan fingerprint density at radius 3 is 2.59 bits per heavy atom. The molecule has 1 N–H and O–H groups in total. The van der Waals surface area contributed by atoms with Crippen molar-refractivity contribution in [2.45, 2.75) is 30.2 Å². The van der Waals surface area contributed by atoms with E-state index in [1.54, 1.807) is 18.2 Å². The zero-order valence-electron chi connectivity index (χ0n) is 17.3. The fourth-order valence-electron chi connectivity index (χ4n) is 3.72. The third-order valence-electron chi connectivity index (χ3n) is 5.39. The number of hydrogen-bond donors (Lipinski definition) is 1. The summed E-state index contributed by atoms with van der Waals surface area (Å²) in [5, 5.41) is 4.89. The number of hydrogen-bond acceptors (Lipinski definition) is 7. The second kappa shape index (κ2) is 10.8. The lowest BCUT2D eigenvalue weighted by Crippen LogP contribution is -2.45. The highest BCUT2D eigenvalue weighted by Gasteiger charge is 2.40. The van der Waals surface area contributed by atoms with Crippen molar-refractivity contribution in [1.82, 2.24) is 15.3 Å². The normalized spacial score (nSPS) is 17.7. The van der Waals surface area contributed by atoms with Crippen LogP contribution >= 0.6 is 46.6 Å². The maximum Gasteiger partial charge on any atom is 0.230 e. The quantitative estimate of drug-likeness (QED) is 0.334. The molecule has 0 radical (unpaired) electrons. The van der Waals surface area contributed by atoms with Gasteiger partial charge < -0.3 is 19.7 Å². The maximum absolute atomic E-state index is 12.2. The van der Waals surface area contributed by atoms with E-state index < -0.39 is 5.79 Å². The molecule has 11 heteroatoms. The van der Waals surface area contributed by atoms with Gasteiger partial charge in [-0.2, -0.15) is 0 Å². The molecule has 0 bridgehead atoms. The highest BCUT2D eigenvalue weighted by Crippen LogP contribution is 2.33. The first-order valence-electron chi connectivity index (χ1n) is 10.3. The van der Waals surface area contributed by atoms with Gasteiger partial charge in [0.1, 0.15) is 11.0 Å². The van der Waals surface area contributed by atoms with E-state index in [-0.39, 0.29) is 11.7 Å². The van der Waals surface area contributed by atoms with Gasteiger partial charge in [0.05, 0.1) is 19.0 Å². The number of thioether (sulfide) groups is 1. The van der Waals surface area contributed by atoms with Crippen LogP contribution in [-0.2, 0) is 20.7 Å². The third-order valence-corrected chi connectivity index (χ3v) is 7.02. The molecule has 0 atom stereocenters. The Kier molecular flexibility index (Phi) is 8.02. The zero-order chi connectivity index (χ0) is 22.6. The molecular weight excluding hydrogens is 495 g/mol. The Balaban J connectivity index is 1.26. The Hall–Kier alpha value is -1.29. The van der Waals surface area contributed by atoms with Gasteiger partial charge >= 0.3 is 0 Å². The predicted octanol–water partition coefficient (Wildman–Crippen LogP) is 4.23. The van der Waals surface area contributed by atoms with Gasteiger partial charge in [-0.25, -0.2) is 9.97 Å². The molecular formula is C21H23Cl3N4O3S. The van der Waals surface area contributed by atoms with Crippen molar-refractivity contribution in [3.63, 3.8) is 0 Å². The number of nitrogens with zero attached hydrogens (tertiary/aromatic N) is 3. The van der Waals surface area contributed by atoms with E-state index >= 15 is 0 Å². The lowest BCUT2D eigenvalue weighted by Gasteiger charge is -2.38. The van der Waals surface area contributed by atoms with Gasteiger partial charge in [0, 0.05) is 48.6 Å². The molecule has 7 nitrogen and oxygen atoms in total. The Morgan fingerprint density at radius 1 is 1.12 bits per heavy atom. The molecule has 1 spiro atoms. The standard InChI is InChI=1S/C21H23Cl3N4O3S/c22-15-2-1-14(16(23)11-15)3-6-25-19(29)13-32-20-26-17(24)12-18(27-20)28-7-4-21(5-8-28)30-9-10-31-21/h1-2,11-12H,3-10,13H2,(H,25,29). The molecule has 3 heterocycles. The molecule has 1 aromatic carbocycles. The van der Waals surface area contributed by atoms with Crippen molar-refractivity contribution in [3.8, 4) is 0 Å². The van der Waals surface area contributed by atoms with Gasteiger partial charge in [-0.05, 0) is 24.1 Å². The number of anilines is 1. The lowest BCUT2D eigenvalue weighted by atomic mass is 10.0. The Labute approximate surface area is 206 Å². The van der Waals surface area contributed by atoms with Gasteiger partial charge in [0.2, 0.25) is 5.91 Å². The van der Waals surface area contributed by atoms with Crippen LogP contribution in [0.5, 0.6) is 0 Å². The number of carbonyl (C=O) groups is 1. The van der Waals surface area contributed by atoms with Crippen LogP contribution in [0.25, 0.3) is 0 Å². The molecule has 0 aliphatic carbocycles. The van der Waals surface area contributed by atoms with E-state index in [4.69, 9.17) is 44.3 Å². The minimum absolute atomic E-state index is 0.111. The molecule has 0 saturated carbocycles. The minimum atomic E-state index is -0.445. The van der Waals surface area contributed by atoms with Crippen molar-refractivity contribution in [3.05, 3.63) is 45.0 Å². The molecule has 172 valence electrons. The summed E-state index contributed by atoms with van der Waals surface area (Å²) < 4.78 is 11.6. The molecule has 2 aliphatic heterocycles. The van der Waals surface area contributed by atoms with Crippen LogP contribution in [0.15, 0.2) is 29.4 Å². The van der Waals surface area contributed by atoms with Crippen molar-refractivity contribution < 1.29 is 14.3 Å². The molecule has 1 aromatic heterocycles. The maximum atomic E-state index is 12.2. The van der Waals surface area contributed by atoms with Crippen LogP contribution < -0.4 is 10.2 Å². The van der Waals surface area contributed by atoms with Gasteiger partial charge in [-0.3, -0.25) is 4.79 Å². The second-order valence-electron chi connectivity index (χ2n) is 7.55. The van der Waals surface area contributed by atoms with Crippen LogP contribution in [0.2, 0.25) is 15.2 Å². The van der Waals surface area contributed by atoms with Crippen LogP contribution in [0.1, 0.15) is 18.4 Å². The summed E-state index contributed by atoms with van der Waals surface area (Å²) in [5.74, 6) is 0.386. The zero-order valence-corrected chi connectivity index (χ0v) is 20.4. The second-order valence-corrected chi connectivity index (χ2v) is 9.72. The van der Waals surface area contributed by atoms with Crippen LogP contribution in [0.4, 0.5) is 5.82 Å². The summed E-state index contributed by atoms with van der Waals surface area (Å²) in [6, 6.07) is 7.08. The van der Waals surface area contributed by atoms with Crippen LogP contribution in [-0.4, -0.2) is 60.3 Å². The van der Waals surface area contributed by atoms with E-state index in [0.29, 0.717) is 46.5 Å². The largest absolute Gasteiger partial charge is 0.356 e. The van der Waals surface area contributed by atoms with Gasteiger partial charge in [-0.1, -0.05) is 52.6 Å². The Bertz CT molecular complexity index is 965. The van der Waals surface area contributed by atoms with Crippen molar-refractivity contribution in [1.29, 1.82) is 0 Å². The third kappa shape index (κ3) is 6.18.